The first kappa shape index (κ1) is 89.9. The number of hydrogen-bond donors (Lipinski definition) is 14. The van der Waals surface area contributed by atoms with Crippen LogP contribution in [-0.2, 0) is 42.8 Å². The lowest BCUT2D eigenvalue weighted by Crippen LogP contribution is -2.70. The molecule has 2 amide bonds. The molecule has 3 saturated heterocycles. The van der Waals surface area contributed by atoms with Crippen molar-refractivity contribution in [1.29, 1.82) is 0 Å². The van der Waals surface area contributed by atoms with E-state index >= 15 is 0 Å². The molecule has 0 aromatic rings. The van der Waals surface area contributed by atoms with Gasteiger partial charge in [0.2, 0.25) is 11.8 Å². The standard InChI is InChI=1S/C75H142N2O21/c1-4-6-8-10-12-14-16-18-20-22-24-26-27-28-29-30-32-34-36-38-40-42-44-46-48-57(82)56(77-62(85)49-47-45-43-41-39-37-35-33-31-25-23-21-19-17-15-13-11-9-7-5-2)54-93-72-67(89)66(88)69(61(53-80)95-72)96-73-68(90)71(65(87)60(52-79)94-73)98-75(74(91)92)50-58(83)63(76-55(3)81)70(97-75)64(86)59(84)51-78/h56-61,63-73,78-80,82-84,86-90H,4-54H2,1-3H3,(H,76,81)(H,77,85)(H,91,92). The molecule has 0 aromatic heterocycles. The summed E-state index contributed by atoms with van der Waals surface area (Å²) in [6.45, 7) is 2.26. The summed E-state index contributed by atoms with van der Waals surface area (Å²) >= 11 is 0. The highest BCUT2D eigenvalue weighted by atomic mass is 16.8. The van der Waals surface area contributed by atoms with Gasteiger partial charge in [0.25, 0.3) is 5.79 Å². The molecule has 3 rings (SSSR count). The molecule has 0 spiro atoms. The van der Waals surface area contributed by atoms with Crippen molar-refractivity contribution in [2.75, 3.05) is 26.4 Å². The van der Waals surface area contributed by atoms with Crippen molar-refractivity contribution >= 4 is 17.8 Å². The third-order valence-corrected chi connectivity index (χ3v) is 20.3. The number of carboxylic acid groups (broad SMARTS) is 1. The van der Waals surface area contributed by atoms with E-state index in [1.54, 1.807) is 0 Å². The van der Waals surface area contributed by atoms with Crippen molar-refractivity contribution in [2.24, 2.45) is 0 Å². The van der Waals surface area contributed by atoms with Crippen LogP contribution in [0.2, 0.25) is 0 Å². The van der Waals surface area contributed by atoms with E-state index in [1.807, 2.05) is 0 Å². The minimum Gasteiger partial charge on any atom is -0.477 e. The number of aliphatic hydroxyl groups is 11. The molecule has 0 saturated carbocycles. The molecule has 3 aliphatic heterocycles. The highest BCUT2D eigenvalue weighted by molar-refractivity contribution is 5.77. The second-order valence-corrected chi connectivity index (χ2v) is 28.9. The van der Waals surface area contributed by atoms with Crippen LogP contribution in [0.3, 0.4) is 0 Å². The second-order valence-electron chi connectivity index (χ2n) is 28.9. The number of ether oxygens (including phenoxy) is 6. The zero-order valence-corrected chi connectivity index (χ0v) is 60.9. The van der Waals surface area contributed by atoms with Crippen LogP contribution >= 0.6 is 0 Å². The fraction of sp³-hybridized carbons (Fsp3) is 0.960. The quantitative estimate of drug-likeness (QED) is 0.0252. The van der Waals surface area contributed by atoms with E-state index in [9.17, 15) is 75.7 Å². The Hall–Kier alpha value is -2.27. The van der Waals surface area contributed by atoms with Gasteiger partial charge < -0.3 is 100 Å². The van der Waals surface area contributed by atoms with Crippen molar-refractivity contribution in [3.63, 3.8) is 0 Å². The molecule has 98 heavy (non-hydrogen) atoms. The first-order chi connectivity index (χ1) is 47.4. The van der Waals surface area contributed by atoms with Gasteiger partial charge >= 0.3 is 5.97 Å². The van der Waals surface area contributed by atoms with Gasteiger partial charge in [-0.05, 0) is 12.8 Å². The molecule has 18 unspecified atom stereocenters. The molecular weight excluding hydrogens is 1260 g/mol. The summed E-state index contributed by atoms with van der Waals surface area (Å²) in [7, 11) is 0. The Morgan fingerprint density at radius 1 is 0.490 bits per heavy atom. The number of amides is 2. The summed E-state index contributed by atoms with van der Waals surface area (Å²) in [5.74, 6) is -6.09. The number of carbonyl (C=O) groups is 3. The minimum absolute atomic E-state index is 0.230. The summed E-state index contributed by atoms with van der Waals surface area (Å²) < 4.78 is 35.0. The van der Waals surface area contributed by atoms with Crippen molar-refractivity contribution < 1.29 is 104 Å². The maximum absolute atomic E-state index is 13.5. The molecule has 0 radical (unpaired) electrons. The van der Waals surface area contributed by atoms with Crippen LogP contribution in [0.4, 0.5) is 0 Å². The largest absolute Gasteiger partial charge is 0.477 e. The molecule has 3 fully saturated rings. The van der Waals surface area contributed by atoms with Crippen LogP contribution in [0.5, 0.6) is 0 Å². The van der Waals surface area contributed by atoms with Gasteiger partial charge in [-0.25, -0.2) is 4.79 Å². The third kappa shape index (κ3) is 36.0. The molecule has 0 aliphatic carbocycles. The van der Waals surface area contributed by atoms with Gasteiger partial charge in [0, 0.05) is 19.8 Å². The predicted octanol–water partition coefficient (Wildman–Crippen LogP) is 9.63. The average Bonchev–Trinajstić information content (AvgIpc) is 0.755. The number of nitrogens with one attached hydrogen (secondary N) is 2. The maximum Gasteiger partial charge on any atom is 0.364 e. The minimum atomic E-state index is -3.08. The van der Waals surface area contributed by atoms with Crippen LogP contribution in [0, 0.1) is 0 Å². The Morgan fingerprint density at radius 2 is 0.888 bits per heavy atom. The van der Waals surface area contributed by atoms with Gasteiger partial charge in [-0.3, -0.25) is 9.59 Å². The molecular formula is C75H142N2O21. The van der Waals surface area contributed by atoms with Gasteiger partial charge in [0.1, 0.15) is 67.1 Å². The SMILES string of the molecule is CCCCCCCCCCCCCCCCCCCCCCCCCCC(O)C(COC1OC(CO)C(OC2OC(CO)C(O)C(OC3(C(=O)O)CC(O)C(NC(C)=O)C(C(O)C(O)CO)O3)C2O)C(O)C1O)NC(=O)CCCCCCCCCCCCCCCCCCCCCC. The summed E-state index contributed by atoms with van der Waals surface area (Å²) in [4.78, 5) is 38.7. The summed E-state index contributed by atoms with van der Waals surface area (Å²) in [6.07, 6.45) is 26.6. The summed E-state index contributed by atoms with van der Waals surface area (Å²) in [5, 5.41) is 136. The molecule has 18 atom stereocenters. The Kier molecular flexibility index (Phi) is 50.7. The molecule has 578 valence electrons. The summed E-state index contributed by atoms with van der Waals surface area (Å²) in [6, 6.07) is -2.53. The van der Waals surface area contributed by atoms with Crippen molar-refractivity contribution in [2.45, 2.75) is 432 Å². The van der Waals surface area contributed by atoms with Gasteiger partial charge in [-0.2, -0.15) is 0 Å². The zero-order chi connectivity index (χ0) is 71.8. The molecule has 3 heterocycles. The number of unbranched alkanes of at least 4 members (excludes halogenated alkanes) is 42. The Bertz CT molecular complexity index is 1970. The lowest BCUT2D eigenvalue weighted by atomic mass is 9.88. The Labute approximate surface area is 589 Å². The lowest BCUT2D eigenvalue weighted by Gasteiger charge is -2.50. The molecule has 0 bridgehead atoms. The van der Waals surface area contributed by atoms with Crippen molar-refractivity contribution in [3.05, 3.63) is 0 Å². The van der Waals surface area contributed by atoms with E-state index in [4.69, 9.17) is 28.4 Å². The Morgan fingerprint density at radius 3 is 1.28 bits per heavy atom. The molecule has 14 N–H and O–H groups in total. The van der Waals surface area contributed by atoms with Gasteiger partial charge in [-0.15, -0.1) is 0 Å². The molecule has 23 heteroatoms. The highest BCUT2D eigenvalue weighted by Crippen LogP contribution is 2.39. The smallest absolute Gasteiger partial charge is 0.364 e. The highest BCUT2D eigenvalue weighted by Gasteiger charge is 2.60. The van der Waals surface area contributed by atoms with Crippen molar-refractivity contribution in [1.82, 2.24) is 10.6 Å². The molecule has 23 nitrogen and oxygen atoms in total. The first-order valence-corrected chi connectivity index (χ1v) is 39.4. The van der Waals surface area contributed by atoms with Crippen LogP contribution < -0.4 is 10.6 Å². The van der Waals surface area contributed by atoms with Crippen LogP contribution in [-0.4, -0.2) is 215 Å². The number of hydrogen-bond acceptors (Lipinski definition) is 20. The second kappa shape index (κ2) is 55.3. The van der Waals surface area contributed by atoms with Gasteiger partial charge in [-0.1, -0.05) is 290 Å². The number of aliphatic carboxylic acids is 1. The fourth-order valence-corrected chi connectivity index (χ4v) is 14.1. The van der Waals surface area contributed by atoms with Crippen LogP contribution in [0.15, 0.2) is 0 Å². The van der Waals surface area contributed by atoms with Crippen LogP contribution in [0.1, 0.15) is 323 Å². The van der Waals surface area contributed by atoms with Crippen molar-refractivity contribution in [3.8, 4) is 0 Å². The zero-order valence-electron chi connectivity index (χ0n) is 60.9. The fourth-order valence-electron chi connectivity index (χ4n) is 14.1. The van der Waals surface area contributed by atoms with E-state index in [2.05, 4.69) is 24.5 Å². The van der Waals surface area contributed by atoms with Gasteiger partial charge in [0.05, 0.1) is 50.7 Å². The first-order valence-electron chi connectivity index (χ1n) is 39.4. The van der Waals surface area contributed by atoms with E-state index < -0.39 is 148 Å². The van der Waals surface area contributed by atoms with E-state index in [0.29, 0.717) is 19.3 Å². The number of rotatable bonds is 62. The Balaban J connectivity index is 1.53. The monoisotopic (exact) mass is 1410 g/mol. The normalized spacial score (nSPS) is 27.2. The maximum atomic E-state index is 13.5. The topological polar surface area (TPSA) is 373 Å². The average molecular weight is 1410 g/mol. The predicted molar refractivity (Wildman–Crippen MR) is 375 cm³/mol. The summed E-state index contributed by atoms with van der Waals surface area (Å²) in [5.41, 5.74) is 0. The van der Waals surface area contributed by atoms with E-state index in [-0.39, 0.29) is 18.9 Å². The third-order valence-electron chi connectivity index (χ3n) is 20.3. The van der Waals surface area contributed by atoms with Gasteiger partial charge in [0.15, 0.2) is 12.6 Å². The number of aliphatic hydroxyl groups excluding tert-OH is 11. The molecule has 0 aromatic carbocycles. The van der Waals surface area contributed by atoms with E-state index in [0.717, 1.165) is 51.9 Å². The van der Waals surface area contributed by atoms with Crippen LogP contribution in [0.25, 0.3) is 0 Å². The number of carboxylic acids is 1. The number of carbonyl (C=O) groups excluding carboxylic acids is 2. The lowest BCUT2D eigenvalue weighted by molar-refractivity contribution is -0.386. The van der Waals surface area contributed by atoms with E-state index in [1.165, 1.54) is 225 Å². The molecule has 3 aliphatic rings.